The van der Waals surface area contributed by atoms with Crippen molar-refractivity contribution < 1.29 is 9.53 Å². The Morgan fingerprint density at radius 1 is 1.23 bits per heavy atom. The van der Waals surface area contributed by atoms with Gasteiger partial charge in [0, 0.05) is 18.5 Å². The zero-order valence-electron chi connectivity index (χ0n) is 15.5. The summed E-state index contributed by atoms with van der Waals surface area (Å²) in [4.78, 5) is 32.0. The number of benzene rings is 1. The zero-order valence-corrected chi connectivity index (χ0v) is 15.5. The molecule has 0 aliphatic carbocycles. The molecule has 0 spiro atoms. The van der Waals surface area contributed by atoms with Gasteiger partial charge in [-0.25, -0.2) is 4.79 Å². The number of carbonyl (C=O) groups excluding carboxylic acids is 1. The SMILES string of the molecule is CC1=N[C@@H]2CN(C(=O)OC(C)(C)C)C[C@@H]2n2c1cc1ccccc1c2=O. The molecular weight excluding hydrogens is 330 g/mol. The van der Waals surface area contributed by atoms with Gasteiger partial charge >= 0.3 is 6.09 Å². The predicted molar refractivity (Wildman–Crippen MR) is 101 cm³/mol. The van der Waals surface area contributed by atoms with Crippen LogP contribution in [0.1, 0.15) is 39.4 Å². The molecule has 2 aliphatic heterocycles. The molecule has 4 rings (SSSR count). The molecule has 1 amide bonds. The lowest BCUT2D eigenvalue weighted by Gasteiger charge is -2.27. The minimum Gasteiger partial charge on any atom is -0.444 e. The summed E-state index contributed by atoms with van der Waals surface area (Å²) in [6.07, 6.45) is -0.352. The number of hydrogen-bond donors (Lipinski definition) is 0. The molecule has 1 aromatic carbocycles. The molecule has 0 bridgehead atoms. The Morgan fingerprint density at radius 2 is 1.96 bits per heavy atom. The van der Waals surface area contributed by atoms with Gasteiger partial charge in [-0.1, -0.05) is 18.2 Å². The fraction of sp³-hybridized carbons (Fsp3) is 0.450. The molecule has 2 atom stereocenters. The average Bonchev–Trinajstić information content (AvgIpc) is 2.97. The minimum absolute atomic E-state index is 0.0200. The first kappa shape index (κ1) is 16.8. The number of hydrogen-bond acceptors (Lipinski definition) is 4. The Bertz CT molecular complexity index is 984. The number of amides is 1. The number of carbonyl (C=O) groups is 1. The molecule has 26 heavy (non-hydrogen) atoms. The van der Waals surface area contributed by atoms with Crippen LogP contribution in [0.3, 0.4) is 0 Å². The Kier molecular flexibility index (Phi) is 3.68. The van der Waals surface area contributed by atoms with Crippen molar-refractivity contribution in [1.82, 2.24) is 9.47 Å². The van der Waals surface area contributed by atoms with Gasteiger partial charge in [-0.15, -0.1) is 0 Å². The monoisotopic (exact) mass is 353 g/mol. The topological polar surface area (TPSA) is 63.9 Å². The van der Waals surface area contributed by atoms with Gasteiger partial charge in [-0.2, -0.15) is 0 Å². The van der Waals surface area contributed by atoms with Crippen LogP contribution in [-0.2, 0) is 4.74 Å². The number of pyridine rings is 1. The van der Waals surface area contributed by atoms with Gasteiger partial charge in [0.25, 0.3) is 5.56 Å². The fourth-order valence-corrected chi connectivity index (χ4v) is 3.82. The van der Waals surface area contributed by atoms with E-state index in [9.17, 15) is 9.59 Å². The fourth-order valence-electron chi connectivity index (χ4n) is 3.82. The van der Waals surface area contributed by atoms with Crippen LogP contribution >= 0.6 is 0 Å². The minimum atomic E-state index is -0.547. The molecule has 136 valence electrons. The number of ether oxygens (including phenoxy) is 1. The Hall–Kier alpha value is -2.63. The molecule has 0 saturated carbocycles. The van der Waals surface area contributed by atoms with Crippen molar-refractivity contribution in [3.63, 3.8) is 0 Å². The molecule has 1 saturated heterocycles. The summed E-state index contributed by atoms with van der Waals surface area (Å²) >= 11 is 0. The van der Waals surface area contributed by atoms with Crippen LogP contribution in [0.25, 0.3) is 10.8 Å². The van der Waals surface area contributed by atoms with Gasteiger partial charge in [0.1, 0.15) is 5.60 Å². The average molecular weight is 353 g/mol. The lowest BCUT2D eigenvalue weighted by atomic mass is 10.0. The van der Waals surface area contributed by atoms with Crippen LogP contribution in [0.15, 0.2) is 40.1 Å². The largest absolute Gasteiger partial charge is 0.444 e. The Morgan fingerprint density at radius 3 is 2.69 bits per heavy atom. The maximum absolute atomic E-state index is 13.1. The summed E-state index contributed by atoms with van der Waals surface area (Å²) in [5.74, 6) is 0. The van der Waals surface area contributed by atoms with Crippen LogP contribution in [-0.4, -0.2) is 46.0 Å². The number of rotatable bonds is 0. The lowest BCUT2D eigenvalue weighted by molar-refractivity contribution is 0.0287. The highest BCUT2D eigenvalue weighted by Crippen LogP contribution is 2.31. The number of nitrogens with zero attached hydrogens (tertiary/aromatic N) is 3. The molecule has 1 fully saturated rings. The zero-order chi connectivity index (χ0) is 18.6. The molecule has 0 N–H and O–H groups in total. The van der Waals surface area contributed by atoms with Gasteiger partial charge in [-0.3, -0.25) is 14.4 Å². The van der Waals surface area contributed by atoms with Crippen LogP contribution < -0.4 is 5.56 Å². The summed E-state index contributed by atoms with van der Waals surface area (Å²) in [5.41, 5.74) is 1.10. The van der Waals surface area contributed by atoms with E-state index >= 15 is 0 Å². The van der Waals surface area contributed by atoms with Gasteiger partial charge < -0.3 is 9.64 Å². The van der Waals surface area contributed by atoms with Crippen LogP contribution in [0.2, 0.25) is 0 Å². The number of likely N-dealkylation sites (tertiary alicyclic amines) is 1. The Labute approximate surface area is 152 Å². The third kappa shape index (κ3) is 2.69. The molecule has 2 aliphatic rings. The van der Waals surface area contributed by atoms with Gasteiger partial charge in [0.2, 0.25) is 0 Å². The first-order valence-corrected chi connectivity index (χ1v) is 8.91. The first-order valence-electron chi connectivity index (χ1n) is 8.91. The van der Waals surface area contributed by atoms with Crippen molar-refractivity contribution in [2.45, 2.75) is 45.4 Å². The number of aromatic nitrogens is 1. The van der Waals surface area contributed by atoms with Crippen molar-refractivity contribution in [3.8, 4) is 0 Å². The van der Waals surface area contributed by atoms with Crippen LogP contribution in [0.5, 0.6) is 0 Å². The third-order valence-corrected chi connectivity index (χ3v) is 4.93. The summed E-state index contributed by atoms with van der Waals surface area (Å²) in [7, 11) is 0. The van der Waals surface area contributed by atoms with E-state index in [4.69, 9.17) is 9.73 Å². The van der Waals surface area contributed by atoms with E-state index in [-0.39, 0.29) is 23.7 Å². The molecule has 2 aromatic rings. The van der Waals surface area contributed by atoms with Crippen molar-refractivity contribution in [3.05, 3.63) is 46.4 Å². The maximum Gasteiger partial charge on any atom is 0.410 e. The van der Waals surface area contributed by atoms with Gasteiger partial charge in [0.15, 0.2) is 0 Å². The van der Waals surface area contributed by atoms with Crippen molar-refractivity contribution in [2.24, 2.45) is 4.99 Å². The number of fused-ring (bicyclic) bond motifs is 4. The normalized spacial score (nSPS) is 22.0. The van der Waals surface area contributed by atoms with E-state index < -0.39 is 5.60 Å². The van der Waals surface area contributed by atoms with Crippen molar-refractivity contribution in [1.29, 1.82) is 0 Å². The molecule has 0 unspecified atom stereocenters. The smallest absolute Gasteiger partial charge is 0.410 e. The second kappa shape index (κ2) is 5.69. The highest BCUT2D eigenvalue weighted by molar-refractivity contribution is 6.01. The molecular formula is C20H23N3O3. The first-order chi connectivity index (χ1) is 12.2. The molecule has 6 nitrogen and oxygen atoms in total. The van der Waals surface area contributed by atoms with E-state index in [1.807, 2.05) is 62.6 Å². The van der Waals surface area contributed by atoms with E-state index in [1.54, 1.807) is 4.90 Å². The molecule has 0 radical (unpaired) electrons. The van der Waals surface area contributed by atoms with Crippen LogP contribution in [0.4, 0.5) is 4.79 Å². The quantitative estimate of drug-likeness (QED) is 0.731. The third-order valence-electron chi connectivity index (χ3n) is 4.93. The highest BCUT2D eigenvalue weighted by atomic mass is 16.6. The van der Waals surface area contributed by atoms with E-state index in [1.165, 1.54) is 0 Å². The van der Waals surface area contributed by atoms with E-state index in [2.05, 4.69) is 0 Å². The molecule has 3 heterocycles. The van der Waals surface area contributed by atoms with E-state index in [0.717, 1.165) is 16.8 Å². The maximum atomic E-state index is 13.1. The second-order valence-corrected chi connectivity index (χ2v) is 8.03. The summed E-state index contributed by atoms with van der Waals surface area (Å²) in [5, 5.41) is 1.61. The van der Waals surface area contributed by atoms with Gasteiger partial charge in [-0.05, 0) is 45.2 Å². The summed E-state index contributed by atoms with van der Waals surface area (Å²) < 4.78 is 7.31. The predicted octanol–water partition coefficient (Wildman–Crippen LogP) is 2.98. The van der Waals surface area contributed by atoms with Crippen molar-refractivity contribution in [2.75, 3.05) is 13.1 Å². The van der Waals surface area contributed by atoms with E-state index in [0.29, 0.717) is 18.5 Å². The highest BCUT2D eigenvalue weighted by Gasteiger charge is 2.41. The standard InChI is InChI=1S/C20H23N3O3/c1-12-16-9-13-7-5-6-8-14(13)18(24)23(16)17-11-22(10-15(17)21-12)19(25)26-20(2,3)4/h5-9,15,17H,10-11H2,1-4H3/t15-,17+/m1/s1. The second-order valence-electron chi connectivity index (χ2n) is 8.03. The summed E-state index contributed by atoms with van der Waals surface area (Å²) in [6, 6.07) is 9.34. The molecule has 6 heteroatoms. The lowest BCUT2D eigenvalue weighted by Crippen LogP contribution is -2.38. The van der Waals surface area contributed by atoms with Crippen LogP contribution in [0, 0.1) is 0 Å². The summed E-state index contributed by atoms with van der Waals surface area (Å²) in [6.45, 7) is 8.37. The number of aliphatic imine (C=N–C) groups is 1. The van der Waals surface area contributed by atoms with Crippen molar-refractivity contribution >= 4 is 22.6 Å². The molecule has 1 aromatic heterocycles. The Balaban J connectivity index is 1.76. The van der Waals surface area contributed by atoms with Gasteiger partial charge in [0.05, 0.1) is 23.5 Å².